The normalized spacial score (nSPS) is 21.2. The first kappa shape index (κ1) is 16.6. The van der Waals surface area contributed by atoms with Crippen molar-refractivity contribution < 1.29 is 14.3 Å². The zero-order valence-electron chi connectivity index (χ0n) is 13.7. The molecule has 1 aromatic heterocycles. The van der Waals surface area contributed by atoms with Crippen molar-refractivity contribution in [3.63, 3.8) is 0 Å². The number of carbonyl (C=O) groups is 1. The van der Waals surface area contributed by atoms with Gasteiger partial charge < -0.3 is 14.6 Å². The van der Waals surface area contributed by atoms with Gasteiger partial charge in [0.2, 0.25) is 0 Å². The number of aliphatic carboxylic acids is 1. The van der Waals surface area contributed by atoms with E-state index in [1.54, 1.807) is 12.3 Å². The molecule has 24 heavy (non-hydrogen) atoms. The first-order valence-corrected chi connectivity index (χ1v) is 8.23. The molecule has 1 aliphatic rings. The van der Waals surface area contributed by atoms with Gasteiger partial charge in [-0.15, -0.1) is 0 Å². The molecule has 1 fully saturated rings. The summed E-state index contributed by atoms with van der Waals surface area (Å²) >= 11 is 0. The Balaban J connectivity index is 1.62. The minimum Gasteiger partial charge on any atom is -0.481 e. The molecular formula is C18H22FN3O2. The SMILES string of the molecule is Cc1nccn1CCCN1C[C@@H](C(=O)O)[C@H](c2cccc(F)c2)C1. The van der Waals surface area contributed by atoms with Gasteiger partial charge in [0, 0.05) is 37.9 Å². The Labute approximate surface area is 140 Å². The summed E-state index contributed by atoms with van der Waals surface area (Å²) in [6.45, 7) is 4.83. The van der Waals surface area contributed by atoms with Crippen molar-refractivity contribution in [2.24, 2.45) is 5.92 Å². The number of benzene rings is 1. The summed E-state index contributed by atoms with van der Waals surface area (Å²) in [5.74, 6) is -0.782. The summed E-state index contributed by atoms with van der Waals surface area (Å²) in [6.07, 6.45) is 4.67. The van der Waals surface area contributed by atoms with Crippen LogP contribution in [0.15, 0.2) is 36.7 Å². The number of aryl methyl sites for hydroxylation is 2. The van der Waals surface area contributed by atoms with Gasteiger partial charge in [0.1, 0.15) is 11.6 Å². The average Bonchev–Trinajstić information content (AvgIpc) is 3.14. The fourth-order valence-corrected chi connectivity index (χ4v) is 3.50. The van der Waals surface area contributed by atoms with Crippen molar-refractivity contribution in [3.8, 4) is 0 Å². The molecule has 6 heteroatoms. The fraction of sp³-hybridized carbons (Fsp3) is 0.444. The monoisotopic (exact) mass is 331 g/mol. The van der Waals surface area contributed by atoms with Gasteiger partial charge in [-0.05, 0) is 37.6 Å². The summed E-state index contributed by atoms with van der Waals surface area (Å²) in [5.41, 5.74) is 0.773. The predicted molar refractivity (Wildman–Crippen MR) is 88.3 cm³/mol. The van der Waals surface area contributed by atoms with Crippen LogP contribution < -0.4 is 0 Å². The maximum Gasteiger partial charge on any atom is 0.308 e. The molecule has 0 saturated carbocycles. The molecule has 5 nitrogen and oxygen atoms in total. The topological polar surface area (TPSA) is 58.4 Å². The Morgan fingerprint density at radius 1 is 1.38 bits per heavy atom. The van der Waals surface area contributed by atoms with Crippen LogP contribution in [0, 0.1) is 18.7 Å². The van der Waals surface area contributed by atoms with E-state index in [1.165, 1.54) is 12.1 Å². The quantitative estimate of drug-likeness (QED) is 0.884. The summed E-state index contributed by atoms with van der Waals surface area (Å²) in [5, 5.41) is 9.51. The lowest BCUT2D eigenvalue weighted by molar-refractivity contribution is -0.141. The Hall–Kier alpha value is -2.21. The van der Waals surface area contributed by atoms with Crippen molar-refractivity contribution in [2.45, 2.75) is 25.8 Å². The Morgan fingerprint density at radius 3 is 2.88 bits per heavy atom. The fourth-order valence-electron chi connectivity index (χ4n) is 3.50. The molecule has 2 aromatic rings. The molecule has 0 aliphatic carbocycles. The zero-order chi connectivity index (χ0) is 17.1. The standard InChI is InChI=1S/C18H22FN3O2/c1-13-20-6-9-22(13)8-3-7-21-11-16(17(12-21)18(23)24)14-4-2-5-15(19)10-14/h2,4-6,9-10,16-17H,3,7-8,11-12H2,1H3,(H,23,24)/t16-,17+/m0/s1. The minimum atomic E-state index is -0.808. The maximum atomic E-state index is 13.5. The number of hydrogen-bond acceptors (Lipinski definition) is 3. The third-order valence-electron chi connectivity index (χ3n) is 4.79. The van der Waals surface area contributed by atoms with Gasteiger partial charge in [-0.25, -0.2) is 9.37 Å². The van der Waals surface area contributed by atoms with Crippen molar-refractivity contribution >= 4 is 5.97 Å². The lowest BCUT2D eigenvalue weighted by Crippen LogP contribution is -2.25. The second kappa shape index (κ2) is 7.13. The van der Waals surface area contributed by atoms with E-state index in [0.29, 0.717) is 13.1 Å². The number of halogens is 1. The highest BCUT2D eigenvalue weighted by atomic mass is 19.1. The highest BCUT2D eigenvalue weighted by Gasteiger charge is 2.38. The molecule has 1 N–H and O–H groups in total. The maximum absolute atomic E-state index is 13.5. The molecule has 0 amide bonds. The van der Waals surface area contributed by atoms with Crippen LogP contribution in [-0.4, -0.2) is 45.2 Å². The van der Waals surface area contributed by atoms with Crippen LogP contribution in [0.25, 0.3) is 0 Å². The number of likely N-dealkylation sites (tertiary alicyclic amines) is 1. The van der Waals surface area contributed by atoms with Crippen LogP contribution >= 0.6 is 0 Å². The number of carboxylic acids is 1. The molecule has 0 unspecified atom stereocenters. The van der Waals surface area contributed by atoms with E-state index >= 15 is 0 Å². The number of carboxylic acid groups (broad SMARTS) is 1. The van der Waals surface area contributed by atoms with E-state index in [2.05, 4.69) is 14.5 Å². The van der Waals surface area contributed by atoms with Crippen LogP contribution in [0.5, 0.6) is 0 Å². The third-order valence-corrected chi connectivity index (χ3v) is 4.79. The van der Waals surface area contributed by atoms with Crippen LogP contribution in [-0.2, 0) is 11.3 Å². The number of nitrogens with zero attached hydrogens (tertiary/aromatic N) is 3. The van der Waals surface area contributed by atoms with Crippen LogP contribution in [0.3, 0.4) is 0 Å². The van der Waals surface area contributed by atoms with Crippen molar-refractivity contribution in [2.75, 3.05) is 19.6 Å². The van der Waals surface area contributed by atoms with Crippen molar-refractivity contribution in [1.82, 2.24) is 14.5 Å². The summed E-state index contributed by atoms with van der Waals surface area (Å²) in [7, 11) is 0. The van der Waals surface area contributed by atoms with E-state index in [-0.39, 0.29) is 11.7 Å². The molecule has 2 atom stereocenters. The molecule has 3 rings (SSSR count). The minimum absolute atomic E-state index is 0.159. The van der Waals surface area contributed by atoms with Crippen LogP contribution in [0.1, 0.15) is 23.7 Å². The van der Waals surface area contributed by atoms with E-state index < -0.39 is 11.9 Å². The van der Waals surface area contributed by atoms with E-state index in [4.69, 9.17) is 0 Å². The van der Waals surface area contributed by atoms with Gasteiger partial charge in [0.15, 0.2) is 0 Å². The molecular weight excluding hydrogens is 309 g/mol. The van der Waals surface area contributed by atoms with Crippen molar-refractivity contribution in [1.29, 1.82) is 0 Å². The second-order valence-electron chi connectivity index (χ2n) is 6.39. The molecule has 1 aliphatic heterocycles. The average molecular weight is 331 g/mol. The molecule has 1 aromatic carbocycles. The molecule has 0 radical (unpaired) electrons. The largest absolute Gasteiger partial charge is 0.481 e. The summed E-state index contributed by atoms with van der Waals surface area (Å²) in [6, 6.07) is 6.31. The highest BCUT2D eigenvalue weighted by molar-refractivity contribution is 5.72. The zero-order valence-corrected chi connectivity index (χ0v) is 13.7. The van der Waals surface area contributed by atoms with E-state index in [9.17, 15) is 14.3 Å². The first-order valence-electron chi connectivity index (χ1n) is 8.23. The van der Waals surface area contributed by atoms with Gasteiger partial charge in [0.25, 0.3) is 0 Å². The number of aromatic nitrogens is 2. The number of hydrogen-bond donors (Lipinski definition) is 1. The molecule has 0 bridgehead atoms. The first-order chi connectivity index (χ1) is 11.5. The summed E-state index contributed by atoms with van der Waals surface area (Å²) in [4.78, 5) is 18.0. The Morgan fingerprint density at radius 2 is 2.21 bits per heavy atom. The smallest absolute Gasteiger partial charge is 0.308 e. The second-order valence-corrected chi connectivity index (χ2v) is 6.39. The molecule has 128 valence electrons. The van der Waals surface area contributed by atoms with Gasteiger partial charge in [0.05, 0.1) is 5.92 Å². The summed E-state index contributed by atoms with van der Waals surface area (Å²) < 4.78 is 15.6. The Bertz CT molecular complexity index is 716. The lowest BCUT2D eigenvalue weighted by atomic mass is 9.89. The van der Waals surface area contributed by atoms with Crippen molar-refractivity contribution in [3.05, 3.63) is 53.9 Å². The van der Waals surface area contributed by atoms with Crippen LogP contribution in [0.4, 0.5) is 4.39 Å². The number of imidazole rings is 1. The van der Waals surface area contributed by atoms with E-state index in [1.807, 2.05) is 19.2 Å². The highest BCUT2D eigenvalue weighted by Crippen LogP contribution is 2.33. The molecule has 0 spiro atoms. The third kappa shape index (κ3) is 3.64. The molecule has 2 heterocycles. The number of rotatable bonds is 6. The Kier molecular flexibility index (Phi) is 4.94. The van der Waals surface area contributed by atoms with Gasteiger partial charge in [-0.3, -0.25) is 4.79 Å². The lowest BCUT2D eigenvalue weighted by Gasteiger charge is -2.16. The van der Waals surface area contributed by atoms with E-state index in [0.717, 1.165) is 30.9 Å². The van der Waals surface area contributed by atoms with Crippen LogP contribution in [0.2, 0.25) is 0 Å². The predicted octanol–water partition coefficient (Wildman–Crippen LogP) is 2.52. The van der Waals surface area contributed by atoms with Gasteiger partial charge >= 0.3 is 5.97 Å². The molecule has 1 saturated heterocycles. The van der Waals surface area contributed by atoms with Gasteiger partial charge in [-0.1, -0.05) is 12.1 Å². The van der Waals surface area contributed by atoms with Gasteiger partial charge in [-0.2, -0.15) is 0 Å².